The molecular weight excluding hydrogens is 306 g/mol. The number of rotatable bonds is 8. The Bertz CT molecular complexity index is 723. The minimum absolute atomic E-state index is 0.230. The summed E-state index contributed by atoms with van der Waals surface area (Å²) in [5, 5.41) is 12.4. The van der Waals surface area contributed by atoms with Gasteiger partial charge >= 0.3 is 6.09 Å². The smallest absolute Gasteiger partial charge is 0.405 e. The number of likely N-dealkylation sites (N-methyl/N-ethyl adjacent to an activating group) is 1. The number of hydrogen-bond acceptors (Lipinski definition) is 2. The molecule has 2 rings (SSSR count). The van der Waals surface area contributed by atoms with Gasteiger partial charge in [-0.2, -0.15) is 0 Å². The average molecular weight is 329 g/mol. The van der Waals surface area contributed by atoms with Gasteiger partial charge in [0, 0.05) is 37.1 Å². The molecule has 24 heavy (non-hydrogen) atoms. The zero-order valence-corrected chi connectivity index (χ0v) is 13.8. The number of carbonyl (C=O) groups is 2. The number of benzene rings is 1. The number of fused-ring (bicyclic) bond motifs is 1. The highest BCUT2D eigenvalue weighted by Gasteiger charge is 2.25. The number of carboxylic acid groups (broad SMARTS) is 1. The van der Waals surface area contributed by atoms with Crippen molar-refractivity contribution in [3.63, 3.8) is 0 Å². The van der Waals surface area contributed by atoms with Crippen LogP contribution in [0.3, 0.4) is 0 Å². The molecule has 6 heteroatoms. The highest BCUT2D eigenvalue weighted by molar-refractivity contribution is 5.88. The summed E-state index contributed by atoms with van der Waals surface area (Å²) in [5.74, 6) is -0.230. The SMILES string of the molecule is C=CCCCN(C)C(=O)C(Cc1c[nH]c2ccccc12)NC(=O)O. The van der Waals surface area contributed by atoms with E-state index in [1.54, 1.807) is 18.0 Å². The van der Waals surface area contributed by atoms with Crippen LogP contribution in [-0.2, 0) is 11.2 Å². The summed E-state index contributed by atoms with van der Waals surface area (Å²) in [7, 11) is 1.69. The Morgan fingerprint density at radius 2 is 2.17 bits per heavy atom. The van der Waals surface area contributed by atoms with E-state index in [2.05, 4.69) is 16.9 Å². The topological polar surface area (TPSA) is 85.4 Å². The van der Waals surface area contributed by atoms with Crippen molar-refractivity contribution < 1.29 is 14.7 Å². The summed E-state index contributed by atoms with van der Waals surface area (Å²) >= 11 is 0. The molecular formula is C18H23N3O3. The second-order valence-electron chi connectivity index (χ2n) is 5.76. The predicted octanol–water partition coefficient (Wildman–Crippen LogP) is 2.77. The summed E-state index contributed by atoms with van der Waals surface area (Å²) in [6, 6.07) is 6.94. The van der Waals surface area contributed by atoms with E-state index in [-0.39, 0.29) is 5.91 Å². The Morgan fingerprint density at radius 3 is 2.88 bits per heavy atom. The van der Waals surface area contributed by atoms with Gasteiger partial charge in [0.2, 0.25) is 5.91 Å². The van der Waals surface area contributed by atoms with Gasteiger partial charge in [0.25, 0.3) is 0 Å². The Labute approximate surface area is 141 Å². The first-order valence-corrected chi connectivity index (χ1v) is 7.93. The van der Waals surface area contributed by atoms with Crippen LogP contribution in [-0.4, -0.2) is 46.6 Å². The highest BCUT2D eigenvalue weighted by atomic mass is 16.4. The van der Waals surface area contributed by atoms with Gasteiger partial charge < -0.3 is 20.3 Å². The molecule has 1 heterocycles. The molecule has 1 aromatic heterocycles. The Balaban J connectivity index is 2.14. The first-order valence-electron chi connectivity index (χ1n) is 7.93. The number of allylic oxidation sites excluding steroid dienone is 1. The van der Waals surface area contributed by atoms with Crippen LogP contribution in [0, 0.1) is 0 Å². The quantitative estimate of drug-likeness (QED) is 0.514. The average Bonchev–Trinajstić information content (AvgIpc) is 2.96. The lowest BCUT2D eigenvalue weighted by molar-refractivity contribution is -0.132. The van der Waals surface area contributed by atoms with Crippen molar-refractivity contribution in [1.29, 1.82) is 0 Å². The molecule has 3 N–H and O–H groups in total. The van der Waals surface area contributed by atoms with Crippen molar-refractivity contribution >= 4 is 22.9 Å². The zero-order chi connectivity index (χ0) is 17.5. The number of hydrogen-bond donors (Lipinski definition) is 3. The maximum atomic E-state index is 12.6. The lowest BCUT2D eigenvalue weighted by atomic mass is 10.0. The van der Waals surface area contributed by atoms with E-state index in [9.17, 15) is 9.59 Å². The molecule has 1 atom stereocenters. The fourth-order valence-corrected chi connectivity index (χ4v) is 2.72. The Morgan fingerprint density at radius 1 is 1.42 bits per heavy atom. The first-order chi connectivity index (χ1) is 11.5. The highest BCUT2D eigenvalue weighted by Crippen LogP contribution is 2.19. The molecule has 0 aliphatic heterocycles. The molecule has 0 saturated heterocycles. The Kier molecular flexibility index (Phi) is 6.01. The van der Waals surface area contributed by atoms with Crippen molar-refractivity contribution in [2.45, 2.75) is 25.3 Å². The van der Waals surface area contributed by atoms with Gasteiger partial charge in [0.15, 0.2) is 0 Å². The van der Waals surface area contributed by atoms with Crippen LogP contribution in [0.5, 0.6) is 0 Å². The van der Waals surface area contributed by atoms with E-state index >= 15 is 0 Å². The molecule has 0 aliphatic rings. The normalized spacial score (nSPS) is 11.9. The van der Waals surface area contributed by atoms with Gasteiger partial charge in [-0.3, -0.25) is 4.79 Å². The predicted molar refractivity (Wildman–Crippen MR) is 94.0 cm³/mol. The van der Waals surface area contributed by atoms with Gasteiger partial charge in [0.1, 0.15) is 6.04 Å². The largest absolute Gasteiger partial charge is 0.465 e. The molecule has 0 radical (unpaired) electrons. The van der Waals surface area contributed by atoms with Crippen LogP contribution >= 0.6 is 0 Å². The molecule has 6 nitrogen and oxygen atoms in total. The minimum Gasteiger partial charge on any atom is -0.465 e. The second kappa shape index (κ2) is 8.19. The molecule has 1 unspecified atom stereocenters. The van der Waals surface area contributed by atoms with E-state index in [1.807, 2.05) is 30.5 Å². The van der Waals surface area contributed by atoms with E-state index in [0.717, 1.165) is 29.3 Å². The van der Waals surface area contributed by atoms with Gasteiger partial charge in [-0.05, 0) is 24.5 Å². The number of nitrogens with zero attached hydrogens (tertiary/aromatic N) is 1. The van der Waals surface area contributed by atoms with Crippen LogP contribution in [0.25, 0.3) is 10.9 Å². The fraction of sp³-hybridized carbons (Fsp3) is 0.333. The van der Waals surface area contributed by atoms with Crippen LogP contribution in [0.4, 0.5) is 4.79 Å². The zero-order valence-electron chi connectivity index (χ0n) is 13.8. The summed E-state index contributed by atoms with van der Waals surface area (Å²) in [4.78, 5) is 28.4. The monoisotopic (exact) mass is 329 g/mol. The second-order valence-corrected chi connectivity index (χ2v) is 5.76. The van der Waals surface area contributed by atoms with Gasteiger partial charge in [-0.15, -0.1) is 6.58 Å². The molecule has 0 saturated carbocycles. The Hall–Kier alpha value is -2.76. The number of para-hydroxylation sites is 1. The first kappa shape index (κ1) is 17.6. The van der Waals surface area contributed by atoms with E-state index in [4.69, 9.17) is 5.11 Å². The van der Waals surface area contributed by atoms with Crippen molar-refractivity contribution in [3.05, 3.63) is 48.7 Å². The fourth-order valence-electron chi connectivity index (χ4n) is 2.72. The number of nitrogens with one attached hydrogen (secondary N) is 2. The summed E-state index contributed by atoms with van der Waals surface area (Å²) in [6.45, 7) is 4.22. The molecule has 0 bridgehead atoms. The molecule has 0 fully saturated rings. The number of aromatic nitrogens is 1. The van der Waals surface area contributed by atoms with Gasteiger partial charge in [-0.1, -0.05) is 24.3 Å². The number of unbranched alkanes of at least 4 members (excludes halogenated alkanes) is 1. The van der Waals surface area contributed by atoms with Crippen molar-refractivity contribution in [3.8, 4) is 0 Å². The van der Waals surface area contributed by atoms with Crippen LogP contribution in [0.1, 0.15) is 18.4 Å². The van der Waals surface area contributed by atoms with Crippen molar-refractivity contribution in [2.24, 2.45) is 0 Å². The molecule has 0 aliphatic carbocycles. The molecule has 0 spiro atoms. The maximum Gasteiger partial charge on any atom is 0.405 e. The molecule has 2 aromatic rings. The summed E-state index contributed by atoms with van der Waals surface area (Å²) in [6.07, 6.45) is 4.35. The maximum absolute atomic E-state index is 12.6. The van der Waals surface area contributed by atoms with Crippen molar-refractivity contribution in [2.75, 3.05) is 13.6 Å². The molecule has 1 aromatic carbocycles. The number of H-pyrrole nitrogens is 1. The summed E-state index contributed by atoms with van der Waals surface area (Å²) in [5.41, 5.74) is 1.88. The minimum atomic E-state index is -1.20. The number of amides is 2. The third-order valence-corrected chi connectivity index (χ3v) is 3.97. The van der Waals surface area contributed by atoms with Gasteiger partial charge in [-0.25, -0.2) is 4.79 Å². The number of carbonyl (C=O) groups excluding carboxylic acids is 1. The van der Waals surface area contributed by atoms with Crippen LogP contribution < -0.4 is 5.32 Å². The summed E-state index contributed by atoms with van der Waals surface area (Å²) < 4.78 is 0. The van der Waals surface area contributed by atoms with Crippen LogP contribution in [0.2, 0.25) is 0 Å². The van der Waals surface area contributed by atoms with E-state index < -0.39 is 12.1 Å². The van der Waals surface area contributed by atoms with Crippen molar-refractivity contribution in [1.82, 2.24) is 15.2 Å². The lowest BCUT2D eigenvalue weighted by Gasteiger charge is -2.23. The van der Waals surface area contributed by atoms with Gasteiger partial charge in [0.05, 0.1) is 0 Å². The van der Waals surface area contributed by atoms with E-state index in [1.165, 1.54) is 0 Å². The van der Waals surface area contributed by atoms with Crippen LogP contribution in [0.15, 0.2) is 43.1 Å². The third kappa shape index (κ3) is 4.38. The van der Waals surface area contributed by atoms with E-state index in [0.29, 0.717) is 13.0 Å². The standard InChI is InChI=1S/C18H23N3O3/c1-3-4-7-10-21(2)17(22)16(20-18(23)24)11-13-12-19-15-9-6-5-8-14(13)15/h3,5-6,8-9,12,16,19-20H,1,4,7,10-11H2,2H3,(H,23,24). The molecule has 128 valence electrons. The molecule has 2 amide bonds. The number of aromatic amines is 1. The third-order valence-electron chi connectivity index (χ3n) is 3.97. The lowest BCUT2D eigenvalue weighted by Crippen LogP contribution is -2.48.